The summed E-state index contributed by atoms with van der Waals surface area (Å²) in [5.41, 5.74) is -0.150. The quantitative estimate of drug-likeness (QED) is 0.479. The topological polar surface area (TPSA) is 60.4 Å². The maximum atomic E-state index is 14.1. The zero-order valence-corrected chi connectivity index (χ0v) is 21.2. The van der Waals surface area contributed by atoms with Crippen LogP contribution in [0.2, 0.25) is 0 Å². The van der Waals surface area contributed by atoms with Crippen molar-refractivity contribution in [3.8, 4) is 0 Å². The van der Waals surface area contributed by atoms with Gasteiger partial charge in [0, 0.05) is 16.7 Å². The lowest BCUT2D eigenvalue weighted by Gasteiger charge is -2.65. The minimum atomic E-state index is -0.474. The molecule has 0 aromatic carbocycles. The molecular formula is C29H40O4. The number of hydrogen-bond acceptors (Lipinski definition) is 4. The van der Waals surface area contributed by atoms with Crippen LogP contribution in [0.15, 0.2) is 23.8 Å². The monoisotopic (exact) mass is 452 g/mol. The van der Waals surface area contributed by atoms with Crippen molar-refractivity contribution in [3.05, 3.63) is 23.8 Å². The predicted octanol–water partition coefficient (Wildman–Crippen LogP) is 5.71. The maximum Gasteiger partial charge on any atom is 0.312 e. The van der Waals surface area contributed by atoms with Crippen molar-refractivity contribution in [1.29, 1.82) is 0 Å². The van der Waals surface area contributed by atoms with E-state index in [9.17, 15) is 14.4 Å². The Bertz CT molecular complexity index is 972. The molecule has 0 radical (unpaired) electrons. The van der Waals surface area contributed by atoms with Crippen molar-refractivity contribution in [2.75, 3.05) is 7.11 Å². The van der Waals surface area contributed by atoms with E-state index in [-0.39, 0.29) is 46.1 Å². The van der Waals surface area contributed by atoms with Gasteiger partial charge in [-0.25, -0.2) is 0 Å². The molecule has 8 atom stereocenters. The zero-order valence-electron chi connectivity index (χ0n) is 21.2. The van der Waals surface area contributed by atoms with Gasteiger partial charge in [-0.3, -0.25) is 14.4 Å². The average molecular weight is 453 g/mol. The van der Waals surface area contributed by atoms with Crippen molar-refractivity contribution in [3.63, 3.8) is 0 Å². The van der Waals surface area contributed by atoms with E-state index in [1.807, 2.05) is 6.08 Å². The van der Waals surface area contributed by atoms with Gasteiger partial charge in [-0.2, -0.15) is 0 Å². The lowest BCUT2D eigenvalue weighted by molar-refractivity contribution is -0.170. The standard InChI is InChI=1S/C29H40O4/c1-17-8-7-12-29(25(32)33-6)15-9-19-18(23(17)29)16-20(30)24-27(19,4)13-10-21-26(2,3)22(31)11-14-28(21,24)5/h11,14,16-17,19,21,23-24H,7-10,12-13,15H2,1-6H3. The first-order valence-electron chi connectivity index (χ1n) is 13.0. The van der Waals surface area contributed by atoms with Crippen molar-refractivity contribution < 1.29 is 19.1 Å². The predicted molar refractivity (Wildman–Crippen MR) is 127 cm³/mol. The van der Waals surface area contributed by atoms with E-state index in [2.05, 4.69) is 40.7 Å². The van der Waals surface area contributed by atoms with Crippen molar-refractivity contribution in [1.82, 2.24) is 0 Å². The van der Waals surface area contributed by atoms with E-state index in [1.165, 1.54) is 12.7 Å². The molecule has 0 aromatic rings. The number of esters is 1. The molecule has 5 aliphatic carbocycles. The van der Waals surface area contributed by atoms with Crippen LogP contribution < -0.4 is 0 Å². The Morgan fingerprint density at radius 1 is 1.03 bits per heavy atom. The summed E-state index contributed by atoms with van der Waals surface area (Å²) in [5.74, 6) is 1.16. The first kappa shape index (κ1) is 23.1. The Morgan fingerprint density at radius 3 is 2.45 bits per heavy atom. The number of ether oxygens (including phenoxy) is 1. The van der Waals surface area contributed by atoms with Gasteiger partial charge in [-0.15, -0.1) is 0 Å². The number of ketones is 2. The van der Waals surface area contributed by atoms with Crippen LogP contribution in [0.1, 0.15) is 79.6 Å². The molecule has 5 aliphatic rings. The second kappa shape index (κ2) is 7.15. The van der Waals surface area contributed by atoms with Gasteiger partial charge in [-0.05, 0) is 73.3 Å². The van der Waals surface area contributed by atoms with Crippen molar-refractivity contribution >= 4 is 17.5 Å². The normalized spacial score (nSPS) is 48.1. The van der Waals surface area contributed by atoms with Crippen LogP contribution in [0.3, 0.4) is 0 Å². The molecule has 33 heavy (non-hydrogen) atoms. The summed E-state index contributed by atoms with van der Waals surface area (Å²) in [6, 6.07) is 0. The highest BCUT2D eigenvalue weighted by atomic mass is 16.5. The second-order valence-electron chi connectivity index (χ2n) is 12.9. The summed E-state index contributed by atoms with van der Waals surface area (Å²) >= 11 is 0. The third kappa shape index (κ3) is 2.79. The molecule has 0 amide bonds. The molecule has 0 bridgehead atoms. The summed E-state index contributed by atoms with van der Waals surface area (Å²) in [7, 11) is 1.51. The number of carbonyl (C=O) groups excluding carboxylic acids is 3. The zero-order chi connectivity index (χ0) is 24.0. The number of carbonyl (C=O) groups is 3. The molecule has 8 unspecified atom stereocenters. The largest absolute Gasteiger partial charge is 0.469 e. The van der Waals surface area contributed by atoms with Crippen LogP contribution >= 0.6 is 0 Å². The van der Waals surface area contributed by atoms with Gasteiger partial charge in [0.2, 0.25) is 0 Å². The Kier molecular flexibility index (Phi) is 4.99. The lowest BCUT2D eigenvalue weighted by atomic mass is 9.38. The first-order chi connectivity index (χ1) is 15.4. The van der Waals surface area contributed by atoms with Gasteiger partial charge in [0.25, 0.3) is 0 Å². The van der Waals surface area contributed by atoms with Crippen LogP contribution in [0.5, 0.6) is 0 Å². The fourth-order valence-electron chi connectivity index (χ4n) is 9.82. The van der Waals surface area contributed by atoms with E-state index >= 15 is 0 Å². The van der Waals surface area contributed by atoms with Crippen molar-refractivity contribution in [2.45, 2.75) is 79.6 Å². The number of allylic oxidation sites excluding steroid dienone is 4. The molecule has 0 spiro atoms. The third-order valence-electron chi connectivity index (χ3n) is 11.2. The first-order valence-corrected chi connectivity index (χ1v) is 13.0. The third-order valence-corrected chi connectivity index (χ3v) is 11.2. The number of rotatable bonds is 1. The molecule has 5 rings (SSSR count). The smallest absolute Gasteiger partial charge is 0.312 e. The van der Waals surface area contributed by atoms with Crippen LogP contribution in [0.25, 0.3) is 0 Å². The Morgan fingerprint density at radius 2 is 1.76 bits per heavy atom. The van der Waals surface area contributed by atoms with Gasteiger partial charge in [0.05, 0.1) is 12.5 Å². The molecule has 180 valence electrons. The van der Waals surface area contributed by atoms with Crippen molar-refractivity contribution in [2.24, 2.45) is 51.2 Å². The average Bonchev–Trinajstić information content (AvgIpc) is 2.75. The number of hydrogen-bond donors (Lipinski definition) is 0. The highest BCUT2D eigenvalue weighted by Gasteiger charge is 2.67. The molecule has 4 nitrogen and oxygen atoms in total. The van der Waals surface area contributed by atoms with E-state index < -0.39 is 10.8 Å². The summed E-state index contributed by atoms with van der Waals surface area (Å²) in [5, 5.41) is 0. The summed E-state index contributed by atoms with van der Waals surface area (Å²) < 4.78 is 5.36. The SMILES string of the molecule is COC(=O)C12CCCC(C)C1C1=CC(=O)C3C4(C)C=CC(=O)C(C)(C)C4CCC3(C)C1CC2. The Balaban J connectivity index is 1.64. The molecule has 0 aliphatic heterocycles. The fourth-order valence-corrected chi connectivity index (χ4v) is 9.82. The fraction of sp³-hybridized carbons (Fsp3) is 0.759. The molecule has 0 N–H and O–H groups in total. The molecule has 0 heterocycles. The minimum Gasteiger partial charge on any atom is -0.469 e. The van der Waals surface area contributed by atoms with Crippen LogP contribution in [0.4, 0.5) is 0 Å². The summed E-state index contributed by atoms with van der Waals surface area (Å²) in [6.45, 7) is 11.0. The molecule has 0 aromatic heterocycles. The lowest BCUT2D eigenvalue weighted by Crippen LogP contribution is -2.63. The van der Waals surface area contributed by atoms with Gasteiger partial charge in [-0.1, -0.05) is 59.1 Å². The summed E-state index contributed by atoms with van der Waals surface area (Å²) in [4.78, 5) is 40.0. The van der Waals surface area contributed by atoms with E-state index in [4.69, 9.17) is 4.74 Å². The van der Waals surface area contributed by atoms with Gasteiger partial charge in [0.1, 0.15) is 0 Å². The number of methoxy groups -OCH3 is 1. The van der Waals surface area contributed by atoms with E-state index in [1.54, 1.807) is 6.08 Å². The minimum absolute atomic E-state index is 0.0794. The van der Waals surface area contributed by atoms with Crippen LogP contribution in [-0.4, -0.2) is 24.6 Å². The van der Waals surface area contributed by atoms with Crippen LogP contribution in [0, 0.1) is 51.2 Å². The van der Waals surface area contributed by atoms with Gasteiger partial charge >= 0.3 is 5.97 Å². The highest BCUT2D eigenvalue weighted by molar-refractivity contribution is 5.99. The second-order valence-corrected chi connectivity index (χ2v) is 12.9. The van der Waals surface area contributed by atoms with Crippen LogP contribution in [-0.2, 0) is 19.1 Å². The number of fused-ring (bicyclic) bond motifs is 7. The Labute approximate surface area is 198 Å². The molecule has 0 saturated heterocycles. The highest BCUT2D eigenvalue weighted by Crippen LogP contribution is 2.70. The van der Waals surface area contributed by atoms with E-state index in [0.717, 1.165) is 44.9 Å². The van der Waals surface area contributed by atoms with Gasteiger partial charge < -0.3 is 4.74 Å². The molecular weight excluding hydrogens is 412 g/mol. The maximum absolute atomic E-state index is 14.1. The summed E-state index contributed by atoms with van der Waals surface area (Å²) in [6.07, 6.45) is 12.5. The van der Waals surface area contributed by atoms with Gasteiger partial charge in [0.15, 0.2) is 11.6 Å². The van der Waals surface area contributed by atoms with E-state index in [0.29, 0.717) is 11.8 Å². The molecule has 4 heteroatoms. The molecule has 3 fully saturated rings. The Hall–Kier alpha value is -1.71. The molecule has 3 saturated carbocycles.